The molecule has 5 N–H and O–H groups in total. The molecule has 3 rings (SSSR count). The van der Waals surface area contributed by atoms with Crippen molar-refractivity contribution in [3.8, 4) is 0 Å². The minimum Gasteiger partial charge on any atom is -0.378 e. The fraction of sp³-hybridized carbons (Fsp3) is 0.600. The van der Waals surface area contributed by atoms with Crippen molar-refractivity contribution in [1.82, 2.24) is 15.6 Å². The number of para-hydroxylation sites is 1. The number of nitrogens with zero attached hydrogens (tertiary/aromatic N) is 1. The number of amides is 1. The van der Waals surface area contributed by atoms with Crippen molar-refractivity contribution in [2.45, 2.75) is 83.1 Å². The minimum absolute atomic E-state index is 0.0409. The number of hydrogen-bond acceptors (Lipinski definition) is 6. The third-order valence-corrected chi connectivity index (χ3v) is 6.29. The number of nitrogens with one attached hydrogen (secondary N) is 3. The van der Waals surface area contributed by atoms with Gasteiger partial charge in [-0.3, -0.25) is 4.79 Å². The van der Waals surface area contributed by atoms with Crippen molar-refractivity contribution < 1.29 is 9.53 Å². The van der Waals surface area contributed by atoms with E-state index in [0.717, 1.165) is 17.3 Å². The lowest BCUT2D eigenvalue weighted by Gasteiger charge is -2.30. The number of carbonyl (C=O) groups is 1. The average molecular weight is 442 g/mol. The number of aromatic nitrogens is 1. The van der Waals surface area contributed by atoms with Gasteiger partial charge < -0.3 is 26.4 Å². The van der Waals surface area contributed by atoms with E-state index in [0.29, 0.717) is 24.0 Å². The quantitative estimate of drug-likeness (QED) is 0.331. The molecule has 0 aliphatic heterocycles. The summed E-state index contributed by atoms with van der Waals surface area (Å²) < 4.78 is 5.88. The van der Waals surface area contributed by atoms with Gasteiger partial charge in [-0.2, -0.15) is 0 Å². The molecule has 176 valence electrons. The maximum Gasteiger partial charge on any atom is 0.256 e. The molecule has 32 heavy (non-hydrogen) atoms. The standard InChI is InChI=1S/C25H39N5O2/c1-4-21(29-19-12-7-5-6-8-13-19)23(32-3)16-27-24-20(25(31)28-17(2)26)15-18-11-9-10-14-22(18)30-24/h9-11,14-15,17,19,21,23,29H,4-8,12-13,16,26H2,1-3H3,(H,27,30)(H,28,31). The normalized spacial score (nSPS) is 18.0. The number of methoxy groups -OCH3 is 1. The summed E-state index contributed by atoms with van der Waals surface area (Å²) in [4.78, 5) is 17.5. The van der Waals surface area contributed by atoms with Gasteiger partial charge in [-0.05, 0) is 38.3 Å². The van der Waals surface area contributed by atoms with E-state index in [4.69, 9.17) is 15.5 Å². The number of fused-ring (bicyclic) bond motifs is 1. The first-order chi connectivity index (χ1) is 15.5. The lowest BCUT2D eigenvalue weighted by Crippen LogP contribution is -2.48. The van der Waals surface area contributed by atoms with Crippen LogP contribution in [0.15, 0.2) is 30.3 Å². The summed E-state index contributed by atoms with van der Waals surface area (Å²) >= 11 is 0. The van der Waals surface area contributed by atoms with Crippen LogP contribution in [-0.4, -0.2) is 48.9 Å². The molecule has 1 saturated carbocycles. The van der Waals surface area contributed by atoms with E-state index < -0.39 is 6.17 Å². The second kappa shape index (κ2) is 12.1. The molecular weight excluding hydrogens is 402 g/mol. The monoisotopic (exact) mass is 441 g/mol. The maximum atomic E-state index is 12.8. The Morgan fingerprint density at radius 3 is 2.59 bits per heavy atom. The molecule has 1 aromatic carbocycles. The van der Waals surface area contributed by atoms with Crippen LogP contribution < -0.4 is 21.7 Å². The van der Waals surface area contributed by atoms with Gasteiger partial charge in [0.1, 0.15) is 5.82 Å². The predicted molar refractivity (Wildman–Crippen MR) is 131 cm³/mol. The van der Waals surface area contributed by atoms with E-state index in [2.05, 4.69) is 22.9 Å². The Morgan fingerprint density at radius 1 is 1.22 bits per heavy atom. The molecule has 1 aromatic heterocycles. The molecule has 1 amide bonds. The number of ether oxygens (including phenoxy) is 1. The highest BCUT2D eigenvalue weighted by molar-refractivity contribution is 6.02. The van der Waals surface area contributed by atoms with E-state index >= 15 is 0 Å². The number of carbonyl (C=O) groups excluding carboxylic acids is 1. The molecule has 1 heterocycles. The van der Waals surface area contributed by atoms with Gasteiger partial charge in [-0.15, -0.1) is 0 Å². The predicted octanol–water partition coefficient (Wildman–Crippen LogP) is 3.79. The summed E-state index contributed by atoms with van der Waals surface area (Å²) in [7, 11) is 1.75. The molecule has 3 unspecified atom stereocenters. The average Bonchev–Trinajstić information content (AvgIpc) is 3.06. The first-order valence-electron chi connectivity index (χ1n) is 12.0. The van der Waals surface area contributed by atoms with Gasteiger partial charge in [0.25, 0.3) is 5.91 Å². The lowest BCUT2D eigenvalue weighted by atomic mass is 10.0. The number of hydrogen-bond donors (Lipinski definition) is 4. The summed E-state index contributed by atoms with van der Waals surface area (Å²) in [5.41, 5.74) is 7.12. The maximum absolute atomic E-state index is 12.8. The fourth-order valence-electron chi connectivity index (χ4n) is 4.53. The third kappa shape index (κ3) is 6.64. The van der Waals surface area contributed by atoms with Crippen LogP contribution in [-0.2, 0) is 4.74 Å². The zero-order valence-corrected chi connectivity index (χ0v) is 19.7. The van der Waals surface area contributed by atoms with E-state index in [1.807, 2.05) is 30.3 Å². The molecular formula is C25H39N5O2. The Morgan fingerprint density at radius 2 is 1.94 bits per heavy atom. The van der Waals surface area contributed by atoms with Crippen LogP contribution in [0, 0.1) is 0 Å². The first kappa shape index (κ1) is 24.4. The molecule has 0 saturated heterocycles. The van der Waals surface area contributed by atoms with Crippen molar-refractivity contribution in [1.29, 1.82) is 0 Å². The number of nitrogens with two attached hydrogens (primary N) is 1. The van der Waals surface area contributed by atoms with Gasteiger partial charge in [0, 0.05) is 31.1 Å². The number of rotatable bonds is 10. The summed E-state index contributed by atoms with van der Waals surface area (Å²) in [6, 6.07) is 10.4. The van der Waals surface area contributed by atoms with Crippen LogP contribution in [0.4, 0.5) is 5.82 Å². The van der Waals surface area contributed by atoms with E-state index in [1.165, 1.54) is 38.5 Å². The molecule has 7 nitrogen and oxygen atoms in total. The molecule has 0 radical (unpaired) electrons. The Labute approximate surface area is 191 Å². The van der Waals surface area contributed by atoms with Crippen LogP contribution in [0.2, 0.25) is 0 Å². The Bertz CT molecular complexity index is 865. The molecule has 0 bridgehead atoms. The van der Waals surface area contributed by atoms with Gasteiger partial charge >= 0.3 is 0 Å². The first-order valence-corrected chi connectivity index (χ1v) is 12.0. The van der Waals surface area contributed by atoms with E-state index in [1.54, 1.807) is 14.0 Å². The lowest BCUT2D eigenvalue weighted by molar-refractivity contribution is 0.0712. The number of pyridine rings is 1. The smallest absolute Gasteiger partial charge is 0.256 e. The van der Waals surface area contributed by atoms with Crippen molar-refractivity contribution in [2.75, 3.05) is 19.0 Å². The SMILES string of the molecule is CCC(NC1CCCCCC1)C(CNc1nc2ccccc2cc1C(=O)NC(C)N)OC. The minimum atomic E-state index is -0.443. The Hall–Kier alpha value is -2.22. The Balaban J connectivity index is 1.76. The molecule has 0 spiro atoms. The number of benzene rings is 1. The van der Waals surface area contributed by atoms with Crippen LogP contribution in [0.3, 0.4) is 0 Å². The van der Waals surface area contributed by atoms with Crippen molar-refractivity contribution in [3.05, 3.63) is 35.9 Å². The van der Waals surface area contributed by atoms with Crippen LogP contribution >= 0.6 is 0 Å². The van der Waals surface area contributed by atoms with Crippen molar-refractivity contribution in [3.63, 3.8) is 0 Å². The largest absolute Gasteiger partial charge is 0.378 e. The van der Waals surface area contributed by atoms with E-state index in [9.17, 15) is 4.79 Å². The Kier molecular flexibility index (Phi) is 9.26. The third-order valence-electron chi connectivity index (χ3n) is 6.29. The fourth-order valence-corrected chi connectivity index (χ4v) is 4.53. The highest BCUT2D eigenvalue weighted by Gasteiger charge is 2.24. The molecule has 2 aromatic rings. The topological polar surface area (TPSA) is 101 Å². The highest BCUT2D eigenvalue weighted by Crippen LogP contribution is 2.22. The van der Waals surface area contributed by atoms with Crippen molar-refractivity contribution >= 4 is 22.6 Å². The second-order valence-electron chi connectivity index (χ2n) is 8.86. The zero-order valence-electron chi connectivity index (χ0n) is 19.7. The summed E-state index contributed by atoms with van der Waals surface area (Å²) in [5.74, 6) is 0.312. The van der Waals surface area contributed by atoms with Gasteiger partial charge in [0.2, 0.25) is 0 Å². The van der Waals surface area contributed by atoms with Crippen LogP contribution in [0.1, 0.15) is 69.2 Å². The summed E-state index contributed by atoms with van der Waals surface area (Å²) in [5, 5.41) is 10.9. The van der Waals surface area contributed by atoms with Gasteiger partial charge in [0.05, 0.1) is 23.3 Å². The van der Waals surface area contributed by atoms with Gasteiger partial charge in [-0.1, -0.05) is 50.8 Å². The molecule has 7 heteroatoms. The van der Waals surface area contributed by atoms with E-state index in [-0.39, 0.29) is 18.1 Å². The summed E-state index contributed by atoms with van der Waals surface area (Å²) in [6.07, 6.45) is 8.21. The van der Waals surface area contributed by atoms with Crippen LogP contribution in [0.25, 0.3) is 10.9 Å². The zero-order chi connectivity index (χ0) is 22.9. The molecule has 3 atom stereocenters. The van der Waals surface area contributed by atoms with Crippen molar-refractivity contribution in [2.24, 2.45) is 5.73 Å². The van der Waals surface area contributed by atoms with Crippen LogP contribution in [0.5, 0.6) is 0 Å². The molecule has 1 fully saturated rings. The highest BCUT2D eigenvalue weighted by atomic mass is 16.5. The van der Waals surface area contributed by atoms with Gasteiger partial charge in [-0.25, -0.2) is 4.98 Å². The second-order valence-corrected chi connectivity index (χ2v) is 8.86. The molecule has 1 aliphatic rings. The number of anilines is 1. The van der Waals surface area contributed by atoms with Gasteiger partial charge in [0.15, 0.2) is 0 Å². The summed E-state index contributed by atoms with van der Waals surface area (Å²) in [6.45, 7) is 4.49. The molecule has 1 aliphatic carbocycles.